The molecule has 0 atom stereocenters. The molecule has 2 saturated heterocycles. The second kappa shape index (κ2) is 9.61. The molecule has 0 saturated carbocycles. The molecule has 0 N–H and O–H groups in total. The van der Waals surface area contributed by atoms with Gasteiger partial charge in [0.25, 0.3) is 11.1 Å². The van der Waals surface area contributed by atoms with Crippen LogP contribution in [-0.4, -0.2) is 74.0 Å². The number of thiazole rings is 1. The Morgan fingerprint density at radius 2 is 1.76 bits per heavy atom. The van der Waals surface area contributed by atoms with Crippen LogP contribution in [0.1, 0.15) is 28.8 Å². The SMILES string of the molecule is Cc1cccc2sc(OC3CCN(C(=O)c4ccc(S(=O)(=O)N5CCOCC5)cc4)CC3)nc12. The van der Waals surface area contributed by atoms with E-state index in [0.29, 0.717) is 50.1 Å². The number of para-hydroxylation sites is 1. The van der Waals surface area contributed by atoms with Crippen LogP contribution in [0.3, 0.4) is 0 Å². The third-order valence-corrected chi connectivity index (χ3v) is 9.13. The van der Waals surface area contributed by atoms with Crippen LogP contribution in [0.15, 0.2) is 47.4 Å². The van der Waals surface area contributed by atoms with Crippen molar-refractivity contribution in [2.75, 3.05) is 39.4 Å². The third-order valence-electron chi connectivity index (χ3n) is 6.31. The van der Waals surface area contributed by atoms with Crippen LogP contribution in [0.2, 0.25) is 0 Å². The topological polar surface area (TPSA) is 89.0 Å². The van der Waals surface area contributed by atoms with Gasteiger partial charge in [-0.15, -0.1) is 0 Å². The molecule has 10 heteroatoms. The number of aryl methyl sites for hydroxylation is 1. The van der Waals surface area contributed by atoms with E-state index in [1.807, 2.05) is 25.1 Å². The normalized spacial score (nSPS) is 18.3. The maximum Gasteiger partial charge on any atom is 0.274 e. The lowest BCUT2D eigenvalue weighted by Crippen LogP contribution is -2.42. The van der Waals surface area contributed by atoms with Crippen LogP contribution in [-0.2, 0) is 14.8 Å². The van der Waals surface area contributed by atoms with Gasteiger partial charge >= 0.3 is 0 Å². The maximum absolute atomic E-state index is 13.0. The summed E-state index contributed by atoms with van der Waals surface area (Å²) in [5.74, 6) is -0.0932. The van der Waals surface area contributed by atoms with Gasteiger partial charge in [-0.3, -0.25) is 4.79 Å². The molecule has 8 nitrogen and oxygen atoms in total. The fourth-order valence-corrected chi connectivity index (χ4v) is 6.69. The Bertz CT molecular complexity index is 1280. The fraction of sp³-hybridized carbons (Fsp3) is 0.417. The first-order valence-corrected chi connectivity index (χ1v) is 13.7. The highest BCUT2D eigenvalue weighted by Gasteiger charge is 2.28. The zero-order valence-electron chi connectivity index (χ0n) is 19.0. The molecular formula is C24H27N3O5S2. The molecule has 180 valence electrons. The molecule has 1 amide bonds. The Balaban J connectivity index is 1.18. The first kappa shape index (κ1) is 23.2. The standard InChI is InChI=1S/C24H27N3O5S2/c1-17-3-2-4-21-22(17)25-24(33-21)32-19-9-11-26(12-10-19)23(28)18-5-7-20(8-6-18)34(29,30)27-13-15-31-16-14-27/h2-8,19H,9-16H2,1H3. The van der Waals surface area contributed by atoms with E-state index in [4.69, 9.17) is 9.47 Å². The molecule has 0 aliphatic carbocycles. The van der Waals surface area contributed by atoms with Gasteiger partial charge in [0, 0.05) is 44.6 Å². The molecule has 0 radical (unpaired) electrons. The molecule has 0 spiro atoms. The van der Waals surface area contributed by atoms with Crippen LogP contribution in [0, 0.1) is 6.92 Å². The van der Waals surface area contributed by atoms with E-state index < -0.39 is 10.0 Å². The van der Waals surface area contributed by atoms with Crippen LogP contribution in [0.4, 0.5) is 0 Å². The van der Waals surface area contributed by atoms with Crippen LogP contribution in [0.25, 0.3) is 10.2 Å². The Labute approximate surface area is 203 Å². The van der Waals surface area contributed by atoms with E-state index in [1.54, 1.807) is 28.4 Å². The predicted octanol–water partition coefficient (Wildman–Crippen LogP) is 3.31. The van der Waals surface area contributed by atoms with Gasteiger partial charge in [-0.05, 0) is 42.8 Å². The van der Waals surface area contributed by atoms with E-state index in [9.17, 15) is 13.2 Å². The zero-order chi connectivity index (χ0) is 23.7. The van der Waals surface area contributed by atoms with Crippen LogP contribution >= 0.6 is 11.3 Å². The molecule has 2 fully saturated rings. The second-order valence-corrected chi connectivity index (χ2v) is 11.5. The number of fused-ring (bicyclic) bond motifs is 1. The van der Waals surface area contributed by atoms with Crippen molar-refractivity contribution in [3.05, 3.63) is 53.6 Å². The molecule has 3 heterocycles. The van der Waals surface area contributed by atoms with Gasteiger partial charge < -0.3 is 14.4 Å². The van der Waals surface area contributed by atoms with E-state index >= 15 is 0 Å². The molecule has 2 aromatic carbocycles. The lowest BCUT2D eigenvalue weighted by Gasteiger charge is -2.31. The summed E-state index contributed by atoms with van der Waals surface area (Å²) >= 11 is 1.55. The zero-order valence-corrected chi connectivity index (χ0v) is 20.6. The molecule has 1 aromatic heterocycles. The summed E-state index contributed by atoms with van der Waals surface area (Å²) in [6, 6.07) is 12.3. The van der Waals surface area contributed by atoms with Crippen molar-refractivity contribution in [2.45, 2.75) is 30.8 Å². The number of sulfonamides is 1. The van der Waals surface area contributed by atoms with Crippen molar-refractivity contribution in [1.82, 2.24) is 14.2 Å². The van der Waals surface area contributed by atoms with Gasteiger partial charge in [0.15, 0.2) is 0 Å². The minimum atomic E-state index is -3.57. The summed E-state index contributed by atoms with van der Waals surface area (Å²) in [6.07, 6.45) is 1.47. The fourth-order valence-electron chi connectivity index (χ4n) is 4.32. The number of amides is 1. The van der Waals surface area contributed by atoms with E-state index in [-0.39, 0.29) is 16.9 Å². The van der Waals surface area contributed by atoms with Gasteiger partial charge in [-0.2, -0.15) is 4.31 Å². The largest absolute Gasteiger partial charge is 0.467 e. The lowest BCUT2D eigenvalue weighted by atomic mass is 10.1. The summed E-state index contributed by atoms with van der Waals surface area (Å²) in [4.78, 5) is 19.6. The van der Waals surface area contributed by atoms with Crippen LogP contribution < -0.4 is 4.74 Å². The van der Waals surface area contributed by atoms with Gasteiger partial charge in [-0.25, -0.2) is 13.4 Å². The summed E-state index contributed by atoms with van der Waals surface area (Å²) in [5, 5.41) is 0.672. The highest BCUT2D eigenvalue weighted by molar-refractivity contribution is 7.89. The molecule has 2 aliphatic heterocycles. The highest BCUT2D eigenvalue weighted by atomic mass is 32.2. The molecule has 0 unspecified atom stereocenters. The number of aromatic nitrogens is 1. The molecule has 2 aliphatic rings. The smallest absolute Gasteiger partial charge is 0.274 e. The minimum Gasteiger partial charge on any atom is -0.467 e. The molecule has 3 aromatic rings. The van der Waals surface area contributed by atoms with Crippen molar-refractivity contribution in [2.24, 2.45) is 0 Å². The summed E-state index contributed by atoms with van der Waals surface area (Å²) in [6.45, 7) is 4.69. The number of ether oxygens (including phenoxy) is 2. The van der Waals surface area contributed by atoms with Gasteiger partial charge in [0.1, 0.15) is 6.10 Å². The molecule has 0 bridgehead atoms. The number of piperidine rings is 1. The number of morpholine rings is 1. The number of carbonyl (C=O) groups is 1. The Morgan fingerprint density at radius 1 is 1.06 bits per heavy atom. The van der Waals surface area contributed by atoms with Gasteiger partial charge in [0.05, 0.1) is 28.3 Å². The Morgan fingerprint density at radius 3 is 2.44 bits per heavy atom. The highest BCUT2D eigenvalue weighted by Crippen LogP contribution is 2.31. The number of hydrogen-bond acceptors (Lipinski definition) is 7. The van der Waals surface area contributed by atoms with Gasteiger partial charge in [-0.1, -0.05) is 23.5 Å². The average Bonchev–Trinajstić information content (AvgIpc) is 3.28. The first-order valence-electron chi connectivity index (χ1n) is 11.4. The van der Waals surface area contributed by atoms with Crippen molar-refractivity contribution >= 4 is 37.5 Å². The van der Waals surface area contributed by atoms with Crippen molar-refractivity contribution in [3.8, 4) is 5.19 Å². The van der Waals surface area contributed by atoms with Crippen LogP contribution in [0.5, 0.6) is 5.19 Å². The monoisotopic (exact) mass is 501 g/mol. The predicted molar refractivity (Wildman–Crippen MR) is 130 cm³/mol. The second-order valence-electron chi connectivity index (χ2n) is 8.55. The Kier molecular flexibility index (Phi) is 6.57. The Hall–Kier alpha value is -2.53. The summed E-state index contributed by atoms with van der Waals surface area (Å²) in [5.41, 5.74) is 2.60. The van der Waals surface area contributed by atoms with Crippen molar-refractivity contribution < 1.29 is 22.7 Å². The van der Waals surface area contributed by atoms with E-state index in [0.717, 1.165) is 28.6 Å². The quantitative estimate of drug-likeness (QED) is 0.533. The number of likely N-dealkylation sites (tertiary alicyclic amines) is 1. The number of nitrogens with zero attached hydrogens (tertiary/aromatic N) is 3. The number of carbonyl (C=O) groups excluding carboxylic acids is 1. The first-order chi connectivity index (χ1) is 16.4. The van der Waals surface area contributed by atoms with Crippen molar-refractivity contribution in [3.63, 3.8) is 0 Å². The number of benzene rings is 2. The average molecular weight is 502 g/mol. The molecule has 5 rings (SSSR count). The lowest BCUT2D eigenvalue weighted by molar-refractivity contribution is 0.0595. The maximum atomic E-state index is 13.0. The minimum absolute atomic E-state index is 0.0194. The van der Waals surface area contributed by atoms with Crippen molar-refractivity contribution in [1.29, 1.82) is 0 Å². The third kappa shape index (κ3) is 4.68. The molecule has 34 heavy (non-hydrogen) atoms. The summed E-state index contributed by atoms with van der Waals surface area (Å²) < 4.78 is 39.5. The number of rotatable bonds is 5. The van der Waals surface area contributed by atoms with Gasteiger partial charge in [0.2, 0.25) is 10.0 Å². The number of hydrogen-bond donors (Lipinski definition) is 0. The van der Waals surface area contributed by atoms with E-state index in [2.05, 4.69) is 4.98 Å². The van der Waals surface area contributed by atoms with E-state index in [1.165, 1.54) is 16.4 Å². The summed E-state index contributed by atoms with van der Waals surface area (Å²) in [7, 11) is -3.57. The molecular weight excluding hydrogens is 474 g/mol.